The van der Waals surface area contributed by atoms with E-state index in [9.17, 15) is 4.79 Å². The summed E-state index contributed by atoms with van der Waals surface area (Å²) in [5, 5.41) is 3.92. The molecule has 0 aliphatic carbocycles. The topological polar surface area (TPSA) is 26.3 Å². The van der Waals surface area contributed by atoms with Crippen molar-refractivity contribution in [2.24, 2.45) is 0 Å². The maximum Gasteiger partial charge on any atom is 0.150 e. The number of carbonyl (C=O) groups excluding carboxylic acids is 1. The molecule has 0 radical (unpaired) electrons. The number of ether oxygens (including phenoxy) is 1. The summed E-state index contributed by atoms with van der Waals surface area (Å²) >= 11 is 0. The molecule has 4 rings (SSSR count). The minimum Gasteiger partial charge on any atom is -1.00 e. The van der Waals surface area contributed by atoms with Gasteiger partial charge in [-0.1, -0.05) is 54.6 Å². The molecule has 0 heterocycles. The van der Waals surface area contributed by atoms with Crippen LogP contribution in [0.4, 0.5) is 0 Å². The Morgan fingerprint density at radius 2 is 1.16 bits per heavy atom. The second-order valence-corrected chi connectivity index (χ2v) is 10.6. The van der Waals surface area contributed by atoms with Crippen molar-refractivity contribution in [2.75, 3.05) is 7.11 Å². The van der Waals surface area contributed by atoms with E-state index in [1.54, 1.807) is 7.11 Å². The Balaban J connectivity index is 0.00000272. The Hall–Kier alpha value is -2.93. The Labute approximate surface area is 190 Å². The molecule has 4 aromatic carbocycles. The molecule has 0 saturated carbocycles. The van der Waals surface area contributed by atoms with Crippen LogP contribution in [-0.2, 0) is 6.16 Å². The number of rotatable bonds is 7. The van der Waals surface area contributed by atoms with Crippen molar-refractivity contribution in [3.05, 3.63) is 120 Å². The zero-order chi connectivity index (χ0) is 20.8. The predicted octanol–water partition coefficient (Wildman–Crippen LogP) is 2.01. The van der Waals surface area contributed by atoms with Crippen LogP contribution in [0.2, 0.25) is 0 Å². The van der Waals surface area contributed by atoms with Gasteiger partial charge in [-0.25, -0.2) is 0 Å². The lowest BCUT2D eigenvalue weighted by atomic mass is 10.1. The lowest BCUT2D eigenvalue weighted by molar-refractivity contribution is -0.0000125. The molecule has 0 fully saturated rings. The third-order valence-corrected chi connectivity index (χ3v) is 9.79. The molecular weight excluding hydrogens is 423 g/mol. The van der Waals surface area contributed by atoms with Gasteiger partial charge in [0, 0.05) is 11.1 Å². The molecule has 0 saturated heterocycles. The molecule has 156 valence electrons. The maximum atomic E-state index is 11.5. The van der Waals surface area contributed by atoms with Gasteiger partial charge in [0.15, 0.2) is 0 Å². The molecule has 0 amide bonds. The lowest BCUT2D eigenvalue weighted by Gasteiger charge is -2.28. The summed E-state index contributed by atoms with van der Waals surface area (Å²) < 4.78 is 5.70. The average Bonchev–Trinajstić information content (AvgIpc) is 2.84. The number of aldehydes is 1. The monoisotopic (exact) mass is 446 g/mol. The van der Waals surface area contributed by atoms with Crippen molar-refractivity contribution in [3.8, 4) is 5.75 Å². The number of hydrogen-bond donors (Lipinski definition) is 0. The molecule has 0 bridgehead atoms. The lowest BCUT2D eigenvalue weighted by Crippen LogP contribution is -3.00. The summed E-state index contributed by atoms with van der Waals surface area (Å²) in [5.74, 6) is 0.813. The summed E-state index contributed by atoms with van der Waals surface area (Å²) in [4.78, 5) is 11.5. The second-order valence-electron chi connectivity index (χ2n) is 7.16. The minimum atomic E-state index is -2.04. The zero-order valence-corrected chi connectivity index (χ0v) is 19.0. The van der Waals surface area contributed by atoms with E-state index in [2.05, 4.69) is 91.0 Å². The van der Waals surface area contributed by atoms with Crippen molar-refractivity contribution in [1.29, 1.82) is 0 Å². The molecule has 2 nitrogen and oxygen atoms in total. The smallest absolute Gasteiger partial charge is 0.150 e. The fourth-order valence-corrected chi connectivity index (χ4v) is 8.26. The molecule has 4 aromatic rings. The van der Waals surface area contributed by atoms with Gasteiger partial charge < -0.3 is 17.1 Å². The fourth-order valence-electron chi connectivity index (χ4n) is 4.02. The number of methoxy groups -OCH3 is 1. The highest BCUT2D eigenvalue weighted by Gasteiger charge is 2.46. The Kier molecular flexibility index (Phi) is 7.63. The first kappa shape index (κ1) is 22.7. The first-order valence-corrected chi connectivity index (χ1v) is 11.9. The molecule has 31 heavy (non-hydrogen) atoms. The van der Waals surface area contributed by atoms with E-state index in [-0.39, 0.29) is 12.4 Å². The molecule has 4 heteroatoms. The van der Waals surface area contributed by atoms with Crippen LogP contribution in [0.15, 0.2) is 109 Å². The van der Waals surface area contributed by atoms with Gasteiger partial charge in [0.25, 0.3) is 0 Å². The van der Waals surface area contributed by atoms with Crippen LogP contribution >= 0.6 is 7.26 Å². The zero-order valence-electron chi connectivity index (χ0n) is 17.3. The predicted molar refractivity (Wildman–Crippen MR) is 127 cm³/mol. The van der Waals surface area contributed by atoms with Gasteiger partial charge in [-0.2, -0.15) is 0 Å². The van der Waals surface area contributed by atoms with E-state index in [4.69, 9.17) is 4.74 Å². The van der Waals surface area contributed by atoms with E-state index in [0.717, 1.165) is 23.8 Å². The van der Waals surface area contributed by atoms with E-state index < -0.39 is 7.26 Å². The van der Waals surface area contributed by atoms with Crippen LogP contribution in [0.1, 0.15) is 15.9 Å². The van der Waals surface area contributed by atoms with E-state index in [1.807, 2.05) is 18.2 Å². The number of benzene rings is 4. The first-order valence-electron chi connectivity index (χ1n) is 9.95. The van der Waals surface area contributed by atoms with Gasteiger partial charge >= 0.3 is 0 Å². The van der Waals surface area contributed by atoms with Crippen molar-refractivity contribution in [3.63, 3.8) is 0 Å². The summed E-state index contributed by atoms with van der Waals surface area (Å²) in [6.45, 7) is 0. The van der Waals surface area contributed by atoms with Gasteiger partial charge in [-0.3, -0.25) is 4.79 Å². The average molecular weight is 447 g/mol. The SMILES string of the molecule is COc1ccc(C=O)cc1C[P+](c1ccccc1)(c1ccccc1)c1ccccc1.[Cl-]. The highest BCUT2D eigenvalue weighted by molar-refractivity contribution is 7.95. The molecule has 0 unspecified atom stereocenters. The molecule has 0 aliphatic heterocycles. The van der Waals surface area contributed by atoms with E-state index in [0.29, 0.717) is 5.56 Å². The van der Waals surface area contributed by atoms with Gasteiger partial charge in [0.1, 0.15) is 41.4 Å². The normalized spacial score (nSPS) is 10.7. The number of halogens is 1. The molecule has 0 atom stereocenters. The molecule has 0 spiro atoms. The van der Waals surface area contributed by atoms with E-state index >= 15 is 0 Å². The van der Waals surface area contributed by atoms with Gasteiger partial charge in [0.2, 0.25) is 0 Å². The third-order valence-electron chi connectivity index (χ3n) is 5.44. The first-order chi connectivity index (χ1) is 14.8. The molecule has 0 aliphatic rings. The van der Waals surface area contributed by atoms with Crippen molar-refractivity contribution < 1.29 is 21.9 Å². The summed E-state index contributed by atoms with van der Waals surface area (Å²) in [7, 11) is -0.354. The van der Waals surface area contributed by atoms with Crippen LogP contribution in [0, 0.1) is 0 Å². The van der Waals surface area contributed by atoms with Gasteiger partial charge in [0.05, 0.1) is 7.11 Å². The van der Waals surface area contributed by atoms with E-state index in [1.165, 1.54) is 15.9 Å². The Morgan fingerprint density at radius 1 is 0.710 bits per heavy atom. The fraction of sp³-hybridized carbons (Fsp3) is 0.0741. The van der Waals surface area contributed by atoms with Crippen LogP contribution in [0.3, 0.4) is 0 Å². The number of carbonyl (C=O) groups is 1. The molecular formula is C27H24ClO2P. The highest BCUT2D eigenvalue weighted by Crippen LogP contribution is 2.59. The van der Waals surface area contributed by atoms with Crippen LogP contribution < -0.4 is 33.1 Å². The van der Waals surface area contributed by atoms with Crippen LogP contribution in [0.25, 0.3) is 0 Å². The third kappa shape index (κ3) is 4.56. The standard InChI is InChI=1S/C27H24O2P.ClH/c1-29-27-18-17-22(20-28)19-23(27)21-30(24-11-5-2-6-12-24,25-13-7-3-8-14-25)26-15-9-4-10-16-26;/h2-20H,21H2,1H3;1H/q+1;/p-1. The molecule has 0 aromatic heterocycles. The Morgan fingerprint density at radius 3 is 1.55 bits per heavy atom. The summed E-state index contributed by atoms with van der Waals surface area (Å²) in [6, 6.07) is 37.8. The van der Waals surface area contributed by atoms with Crippen molar-refractivity contribution >= 4 is 29.5 Å². The molecule has 0 N–H and O–H groups in total. The number of hydrogen-bond acceptors (Lipinski definition) is 2. The van der Waals surface area contributed by atoms with Gasteiger partial charge in [-0.15, -0.1) is 0 Å². The quantitative estimate of drug-likeness (QED) is 0.321. The largest absolute Gasteiger partial charge is 1.00 e. The second kappa shape index (κ2) is 10.4. The highest BCUT2D eigenvalue weighted by atomic mass is 35.5. The van der Waals surface area contributed by atoms with Gasteiger partial charge in [-0.05, 0) is 54.6 Å². The van der Waals surface area contributed by atoms with Crippen molar-refractivity contribution in [2.45, 2.75) is 6.16 Å². The van der Waals surface area contributed by atoms with Crippen LogP contribution in [-0.4, -0.2) is 13.4 Å². The Bertz CT molecular complexity index is 1020. The summed E-state index contributed by atoms with van der Waals surface area (Å²) in [6.07, 6.45) is 1.67. The summed E-state index contributed by atoms with van der Waals surface area (Å²) in [5.41, 5.74) is 1.71. The minimum absolute atomic E-state index is 0. The van der Waals surface area contributed by atoms with Crippen LogP contribution in [0.5, 0.6) is 5.75 Å². The maximum absolute atomic E-state index is 11.5. The van der Waals surface area contributed by atoms with Crippen molar-refractivity contribution in [1.82, 2.24) is 0 Å².